The molecule has 12 nitrogen and oxygen atoms in total. The molecule has 4 heterocycles. The molecule has 6 rings (SSSR count). The number of anilines is 1. The van der Waals surface area contributed by atoms with E-state index in [4.69, 9.17) is 9.47 Å². The highest BCUT2D eigenvalue weighted by Crippen LogP contribution is 2.65. The molecule has 6 atom stereocenters. The number of likely N-dealkylation sites (tertiary alicyclic amines) is 1. The standard InChI is InChI=1S/C36H44N6O6/c1-6-18-39(23-42-28-13-10-9-12-27(28)37-38-42)34(46)31-36-22-24(4)35(5,48-36)29(30(36)33(45)41(31)20-11-21-43)32(44)40(19-7-2)25-14-16-26(17-15-25)47-8-3/h6-7,9-10,12-17,24,29-31,43H,1-2,8,11,18-23H2,3-5H3/t24?,29-,30-,31?,35+,36?/m0/s1. The van der Waals surface area contributed by atoms with Crippen molar-refractivity contribution in [1.29, 1.82) is 0 Å². The fraction of sp³-hybridized carbons (Fsp3) is 0.472. The minimum Gasteiger partial charge on any atom is -0.494 e. The fourth-order valence-electron chi connectivity index (χ4n) is 8.11. The van der Waals surface area contributed by atoms with Crippen LogP contribution >= 0.6 is 0 Å². The van der Waals surface area contributed by atoms with Gasteiger partial charge in [0.25, 0.3) is 0 Å². The van der Waals surface area contributed by atoms with Gasteiger partial charge >= 0.3 is 0 Å². The van der Waals surface area contributed by atoms with Crippen LogP contribution < -0.4 is 9.64 Å². The molecule has 48 heavy (non-hydrogen) atoms. The van der Waals surface area contributed by atoms with E-state index in [0.29, 0.717) is 30.0 Å². The number of ether oxygens (including phenoxy) is 2. The Hall–Kier alpha value is -4.55. The first-order valence-electron chi connectivity index (χ1n) is 16.6. The maximum absolute atomic E-state index is 14.8. The van der Waals surface area contributed by atoms with E-state index in [9.17, 15) is 19.5 Å². The van der Waals surface area contributed by atoms with Crippen LogP contribution in [0.4, 0.5) is 5.69 Å². The molecule has 0 radical (unpaired) electrons. The van der Waals surface area contributed by atoms with Crippen molar-refractivity contribution in [3.05, 3.63) is 73.8 Å². The molecule has 2 aromatic carbocycles. The Morgan fingerprint density at radius 2 is 1.85 bits per heavy atom. The second-order valence-corrected chi connectivity index (χ2v) is 13.0. The predicted octanol–water partition coefficient (Wildman–Crippen LogP) is 3.41. The molecule has 3 aromatic rings. The van der Waals surface area contributed by atoms with Gasteiger partial charge in [-0.1, -0.05) is 36.4 Å². The largest absolute Gasteiger partial charge is 0.494 e. The lowest BCUT2D eigenvalue weighted by molar-refractivity contribution is -0.153. The second-order valence-electron chi connectivity index (χ2n) is 13.0. The van der Waals surface area contributed by atoms with Gasteiger partial charge in [-0.2, -0.15) is 0 Å². The molecule has 254 valence electrons. The Morgan fingerprint density at radius 1 is 1.12 bits per heavy atom. The van der Waals surface area contributed by atoms with E-state index in [1.165, 1.54) is 4.90 Å². The zero-order chi connectivity index (χ0) is 34.2. The van der Waals surface area contributed by atoms with E-state index in [-0.39, 0.29) is 63.0 Å². The number of fused-ring (bicyclic) bond motifs is 2. The van der Waals surface area contributed by atoms with Crippen molar-refractivity contribution in [2.45, 2.75) is 57.5 Å². The number of rotatable bonds is 14. The van der Waals surface area contributed by atoms with Gasteiger partial charge in [-0.05, 0) is 69.0 Å². The molecule has 1 aromatic heterocycles. The number of hydrogen-bond acceptors (Lipinski definition) is 8. The van der Waals surface area contributed by atoms with E-state index in [1.807, 2.05) is 69.3 Å². The lowest BCUT2D eigenvalue weighted by Gasteiger charge is -2.39. The van der Waals surface area contributed by atoms with E-state index in [2.05, 4.69) is 23.5 Å². The molecular weight excluding hydrogens is 612 g/mol. The molecular formula is C36H44N6O6. The van der Waals surface area contributed by atoms with Crippen molar-refractivity contribution in [1.82, 2.24) is 24.8 Å². The third-order valence-corrected chi connectivity index (χ3v) is 10.3. The second kappa shape index (κ2) is 13.2. The van der Waals surface area contributed by atoms with Gasteiger partial charge in [0.15, 0.2) is 0 Å². The average Bonchev–Trinajstić information content (AvgIpc) is 3.75. The van der Waals surface area contributed by atoms with Crippen LogP contribution in [0.25, 0.3) is 11.0 Å². The maximum atomic E-state index is 14.8. The van der Waals surface area contributed by atoms with Gasteiger partial charge in [0, 0.05) is 31.9 Å². The summed E-state index contributed by atoms with van der Waals surface area (Å²) in [6, 6.07) is 13.7. The molecule has 3 fully saturated rings. The number of aliphatic hydroxyl groups is 1. The third-order valence-electron chi connectivity index (χ3n) is 10.3. The van der Waals surface area contributed by atoms with Crippen LogP contribution in [0.5, 0.6) is 5.75 Å². The molecule has 0 aliphatic carbocycles. The van der Waals surface area contributed by atoms with E-state index >= 15 is 0 Å². The van der Waals surface area contributed by atoms with Crippen LogP contribution in [0, 0.1) is 17.8 Å². The molecule has 3 saturated heterocycles. The Morgan fingerprint density at radius 3 is 2.54 bits per heavy atom. The summed E-state index contributed by atoms with van der Waals surface area (Å²) in [5.74, 6) is -2.12. The first kappa shape index (κ1) is 33.4. The molecule has 3 amide bonds. The van der Waals surface area contributed by atoms with Gasteiger partial charge in [-0.15, -0.1) is 18.3 Å². The summed E-state index contributed by atoms with van der Waals surface area (Å²) >= 11 is 0. The van der Waals surface area contributed by atoms with Gasteiger partial charge in [-0.25, -0.2) is 4.68 Å². The summed E-state index contributed by atoms with van der Waals surface area (Å²) < 4.78 is 14.2. The van der Waals surface area contributed by atoms with E-state index < -0.39 is 29.1 Å². The molecule has 3 aliphatic rings. The molecule has 1 N–H and O–H groups in total. The number of nitrogens with zero attached hydrogens (tertiary/aromatic N) is 6. The monoisotopic (exact) mass is 656 g/mol. The number of carbonyl (C=O) groups excluding carboxylic acids is 3. The topological polar surface area (TPSA) is 130 Å². The number of para-hydroxylation sites is 1. The van der Waals surface area contributed by atoms with Gasteiger partial charge in [-0.3, -0.25) is 14.4 Å². The molecule has 3 unspecified atom stereocenters. The first-order valence-corrected chi connectivity index (χ1v) is 16.6. The van der Waals surface area contributed by atoms with Gasteiger partial charge in [0.1, 0.15) is 29.6 Å². The average molecular weight is 657 g/mol. The van der Waals surface area contributed by atoms with Crippen molar-refractivity contribution in [2.75, 3.05) is 37.7 Å². The number of aromatic nitrogens is 3. The Labute approximate surface area is 280 Å². The zero-order valence-corrected chi connectivity index (χ0v) is 27.8. The summed E-state index contributed by atoms with van der Waals surface area (Å²) in [5, 5.41) is 18.3. The van der Waals surface area contributed by atoms with Crippen molar-refractivity contribution in [3.63, 3.8) is 0 Å². The zero-order valence-electron chi connectivity index (χ0n) is 27.8. The van der Waals surface area contributed by atoms with Gasteiger partial charge < -0.3 is 29.3 Å². The third kappa shape index (κ3) is 5.27. The Bertz CT molecular complexity index is 1710. The molecule has 12 heteroatoms. The molecule has 2 bridgehead atoms. The summed E-state index contributed by atoms with van der Waals surface area (Å²) in [5.41, 5.74) is -0.156. The van der Waals surface area contributed by atoms with Crippen molar-refractivity contribution < 1.29 is 29.0 Å². The first-order chi connectivity index (χ1) is 23.1. The minimum atomic E-state index is -1.25. The smallest absolute Gasteiger partial charge is 0.250 e. The number of carbonyl (C=O) groups is 3. The molecule has 1 spiro atoms. The number of hydrogen-bond donors (Lipinski definition) is 1. The van der Waals surface area contributed by atoms with Gasteiger partial charge in [0.05, 0.1) is 29.6 Å². The summed E-state index contributed by atoms with van der Waals surface area (Å²) in [4.78, 5) is 49.0. The normalized spacial score (nSPS) is 27.2. The number of benzene rings is 2. The summed E-state index contributed by atoms with van der Waals surface area (Å²) in [6.07, 6.45) is 3.98. The minimum absolute atomic E-state index is 0.0741. The fourth-order valence-corrected chi connectivity index (χ4v) is 8.11. The van der Waals surface area contributed by atoms with Crippen LogP contribution in [0.2, 0.25) is 0 Å². The lowest BCUT2D eigenvalue weighted by Crippen LogP contribution is -2.57. The van der Waals surface area contributed by atoms with Crippen molar-refractivity contribution >= 4 is 34.4 Å². The van der Waals surface area contributed by atoms with Crippen LogP contribution in [0.15, 0.2) is 73.8 Å². The van der Waals surface area contributed by atoms with E-state index in [1.54, 1.807) is 26.6 Å². The van der Waals surface area contributed by atoms with Crippen molar-refractivity contribution in [2.24, 2.45) is 17.8 Å². The highest BCUT2D eigenvalue weighted by Gasteiger charge is 2.80. The highest BCUT2D eigenvalue weighted by atomic mass is 16.5. The number of aliphatic hydroxyl groups excluding tert-OH is 1. The van der Waals surface area contributed by atoms with Crippen LogP contribution in [0.3, 0.4) is 0 Å². The predicted molar refractivity (Wildman–Crippen MR) is 180 cm³/mol. The van der Waals surface area contributed by atoms with Crippen molar-refractivity contribution in [3.8, 4) is 5.75 Å². The molecule has 3 aliphatic heterocycles. The summed E-state index contributed by atoms with van der Waals surface area (Å²) in [6.45, 7) is 14.6. The quantitative estimate of drug-likeness (QED) is 0.262. The SMILES string of the molecule is C=CCN(Cn1nnc2ccccc21)C(=O)C1N(CCCO)C(=O)[C@@H]2[C@@H](C(=O)N(CC=C)c3ccc(OCC)cc3)[C@]3(C)OC12CC3C. The Kier molecular flexibility index (Phi) is 9.14. The summed E-state index contributed by atoms with van der Waals surface area (Å²) in [7, 11) is 0. The lowest BCUT2D eigenvalue weighted by atomic mass is 9.62. The number of amides is 3. The van der Waals surface area contributed by atoms with Crippen LogP contribution in [0.1, 0.15) is 33.6 Å². The van der Waals surface area contributed by atoms with Crippen LogP contribution in [-0.2, 0) is 25.8 Å². The van der Waals surface area contributed by atoms with Crippen LogP contribution in [-0.4, -0.2) is 97.7 Å². The van der Waals surface area contributed by atoms with E-state index in [0.717, 1.165) is 5.52 Å². The van der Waals surface area contributed by atoms with Gasteiger partial charge in [0.2, 0.25) is 17.7 Å². The Balaban J connectivity index is 1.39. The molecule has 0 saturated carbocycles. The highest BCUT2D eigenvalue weighted by molar-refractivity contribution is 6.03. The maximum Gasteiger partial charge on any atom is 0.250 e.